The normalized spacial score (nSPS) is 11.9. The largest absolute Gasteiger partial charge is 0.322 e. The fraction of sp³-hybridized carbons (Fsp3) is 0.455. The predicted octanol–water partition coefficient (Wildman–Crippen LogP) is 3.40. The van der Waals surface area contributed by atoms with Crippen LogP contribution in [0.4, 0.5) is 4.39 Å². The molecule has 0 unspecified atom stereocenters. The van der Waals surface area contributed by atoms with Gasteiger partial charge in [-0.2, -0.15) is 0 Å². The van der Waals surface area contributed by atoms with Gasteiger partial charge in [0, 0.05) is 10.0 Å². The molecule has 0 saturated carbocycles. The van der Waals surface area contributed by atoms with Crippen molar-refractivity contribution < 1.29 is 4.39 Å². The monoisotopic (exact) mass is 259 g/mol. The first-order chi connectivity index (χ1) is 6.25. The van der Waals surface area contributed by atoms with E-state index in [2.05, 4.69) is 15.9 Å². The average Bonchev–Trinajstić information content (AvgIpc) is 1.98. The molecule has 1 rings (SSSR count). The van der Waals surface area contributed by atoms with Gasteiger partial charge in [-0.3, -0.25) is 0 Å². The zero-order valence-corrected chi connectivity index (χ0v) is 10.5. The van der Waals surface area contributed by atoms with E-state index in [1.54, 1.807) is 6.92 Å². The summed E-state index contributed by atoms with van der Waals surface area (Å²) in [7, 11) is 0. The molecule has 0 aromatic heterocycles. The molecule has 0 heterocycles. The number of halogens is 2. The van der Waals surface area contributed by atoms with E-state index in [1.165, 1.54) is 6.07 Å². The van der Waals surface area contributed by atoms with Crippen LogP contribution in [0.15, 0.2) is 10.5 Å². The first-order valence-electron chi connectivity index (χ1n) is 4.49. The van der Waals surface area contributed by atoms with Crippen LogP contribution in [-0.2, 0) is 5.54 Å². The van der Waals surface area contributed by atoms with E-state index in [-0.39, 0.29) is 5.82 Å². The van der Waals surface area contributed by atoms with E-state index < -0.39 is 5.54 Å². The van der Waals surface area contributed by atoms with Gasteiger partial charge in [-0.15, -0.1) is 0 Å². The van der Waals surface area contributed by atoms with Gasteiger partial charge < -0.3 is 5.73 Å². The average molecular weight is 260 g/mol. The lowest BCUT2D eigenvalue weighted by Crippen LogP contribution is -2.31. The maximum Gasteiger partial charge on any atom is 0.127 e. The van der Waals surface area contributed by atoms with Crippen LogP contribution in [0.2, 0.25) is 0 Å². The smallest absolute Gasteiger partial charge is 0.127 e. The summed E-state index contributed by atoms with van der Waals surface area (Å²) < 4.78 is 14.2. The van der Waals surface area contributed by atoms with Gasteiger partial charge >= 0.3 is 0 Å². The van der Waals surface area contributed by atoms with E-state index in [4.69, 9.17) is 5.73 Å². The minimum atomic E-state index is -0.515. The van der Waals surface area contributed by atoms with Crippen LogP contribution in [0.1, 0.15) is 30.5 Å². The van der Waals surface area contributed by atoms with Gasteiger partial charge in [0.15, 0.2) is 0 Å². The van der Waals surface area contributed by atoms with Gasteiger partial charge in [0.2, 0.25) is 0 Å². The molecule has 0 atom stereocenters. The fourth-order valence-electron chi connectivity index (χ4n) is 1.81. The molecule has 0 bridgehead atoms. The maximum atomic E-state index is 13.5. The number of rotatable bonds is 1. The van der Waals surface area contributed by atoms with E-state index >= 15 is 0 Å². The summed E-state index contributed by atoms with van der Waals surface area (Å²) >= 11 is 3.33. The Kier molecular flexibility index (Phi) is 3.02. The first kappa shape index (κ1) is 11.7. The minimum Gasteiger partial charge on any atom is -0.322 e. The molecule has 1 aromatic rings. The lowest BCUT2D eigenvalue weighted by molar-refractivity contribution is 0.532. The van der Waals surface area contributed by atoms with Crippen LogP contribution in [0.5, 0.6) is 0 Å². The molecule has 14 heavy (non-hydrogen) atoms. The third kappa shape index (κ3) is 1.98. The zero-order chi connectivity index (χ0) is 11.1. The summed E-state index contributed by atoms with van der Waals surface area (Å²) in [6.07, 6.45) is 0. The minimum absolute atomic E-state index is 0.212. The Hall–Kier alpha value is -0.410. The van der Waals surface area contributed by atoms with Crippen molar-refractivity contribution in [2.75, 3.05) is 0 Å². The number of hydrogen-bond acceptors (Lipinski definition) is 1. The standard InChI is InChI=1S/C11H15BrFN/c1-6-8(12)5-9(13)7(2)10(6)11(3,4)14/h5H,14H2,1-4H3. The van der Waals surface area contributed by atoms with Crippen molar-refractivity contribution in [2.45, 2.75) is 33.2 Å². The van der Waals surface area contributed by atoms with Gasteiger partial charge in [-0.05, 0) is 50.5 Å². The lowest BCUT2D eigenvalue weighted by Gasteiger charge is -2.25. The number of benzene rings is 1. The molecule has 0 spiro atoms. The van der Waals surface area contributed by atoms with Gasteiger partial charge in [-0.25, -0.2) is 4.39 Å². The van der Waals surface area contributed by atoms with Crippen molar-refractivity contribution >= 4 is 15.9 Å². The summed E-state index contributed by atoms with van der Waals surface area (Å²) in [5, 5.41) is 0. The molecule has 1 nitrogen and oxygen atoms in total. The Labute approximate surface area is 92.6 Å². The molecule has 2 N–H and O–H groups in total. The molecule has 78 valence electrons. The summed E-state index contributed by atoms with van der Waals surface area (Å²) in [5.41, 5.74) is 8.02. The molecule has 0 amide bonds. The van der Waals surface area contributed by atoms with Crippen molar-refractivity contribution in [3.63, 3.8) is 0 Å². The van der Waals surface area contributed by atoms with Crippen molar-refractivity contribution in [1.29, 1.82) is 0 Å². The van der Waals surface area contributed by atoms with Crippen LogP contribution in [0.3, 0.4) is 0 Å². The second-order valence-corrected chi connectivity index (χ2v) is 5.04. The van der Waals surface area contributed by atoms with Crippen molar-refractivity contribution in [3.05, 3.63) is 33.0 Å². The highest BCUT2D eigenvalue weighted by Gasteiger charge is 2.22. The van der Waals surface area contributed by atoms with Crippen molar-refractivity contribution in [2.24, 2.45) is 5.73 Å². The number of hydrogen-bond donors (Lipinski definition) is 1. The molecular formula is C11H15BrFN. The Bertz CT molecular complexity index is 340. The van der Waals surface area contributed by atoms with Gasteiger partial charge in [0.1, 0.15) is 5.82 Å². The van der Waals surface area contributed by atoms with Crippen molar-refractivity contribution in [3.8, 4) is 0 Å². The van der Waals surface area contributed by atoms with Crippen LogP contribution in [0.25, 0.3) is 0 Å². The summed E-state index contributed by atoms with van der Waals surface area (Å²) in [6.45, 7) is 7.47. The molecule has 0 fully saturated rings. The van der Waals surface area contributed by atoms with E-state index in [1.807, 2.05) is 20.8 Å². The van der Waals surface area contributed by atoms with Gasteiger partial charge in [0.25, 0.3) is 0 Å². The second kappa shape index (κ2) is 3.63. The zero-order valence-electron chi connectivity index (χ0n) is 8.91. The Morgan fingerprint density at radius 3 is 2.21 bits per heavy atom. The maximum absolute atomic E-state index is 13.5. The summed E-state index contributed by atoms with van der Waals surface area (Å²) in [5.74, 6) is -0.212. The molecule has 3 heteroatoms. The molecule has 0 aliphatic heterocycles. The first-order valence-corrected chi connectivity index (χ1v) is 5.29. The SMILES string of the molecule is Cc1c(F)cc(Br)c(C)c1C(C)(C)N. The second-order valence-electron chi connectivity index (χ2n) is 4.19. The highest BCUT2D eigenvalue weighted by molar-refractivity contribution is 9.10. The van der Waals surface area contributed by atoms with Crippen LogP contribution in [-0.4, -0.2) is 0 Å². The quantitative estimate of drug-likeness (QED) is 0.822. The topological polar surface area (TPSA) is 26.0 Å². The molecule has 0 radical (unpaired) electrons. The fourth-order valence-corrected chi connectivity index (χ4v) is 2.21. The molecule has 0 saturated heterocycles. The van der Waals surface area contributed by atoms with Crippen LogP contribution < -0.4 is 5.73 Å². The van der Waals surface area contributed by atoms with Crippen LogP contribution in [0, 0.1) is 19.7 Å². The Morgan fingerprint density at radius 2 is 1.79 bits per heavy atom. The summed E-state index contributed by atoms with van der Waals surface area (Å²) in [4.78, 5) is 0. The number of nitrogens with two attached hydrogens (primary N) is 1. The van der Waals surface area contributed by atoms with Crippen molar-refractivity contribution in [1.82, 2.24) is 0 Å². The Morgan fingerprint density at radius 1 is 1.29 bits per heavy atom. The van der Waals surface area contributed by atoms with E-state index in [9.17, 15) is 4.39 Å². The molecular weight excluding hydrogens is 245 g/mol. The molecule has 1 aromatic carbocycles. The lowest BCUT2D eigenvalue weighted by atomic mass is 9.87. The highest BCUT2D eigenvalue weighted by atomic mass is 79.9. The van der Waals surface area contributed by atoms with Gasteiger partial charge in [-0.1, -0.05) is 15.9 Å². The predicted molar refractivity (Wildman–Crippen MR) is 60.8 cm³/mol. The molecule has 0 aliphatic carbocycles. The van der Waals surface area contributed by atoms with E-state index in [0.29, 0.717) is 5.56 Å². The van der Waals surface area contributed by atoms with Crippen LogP contribution >= 0.6 is 15.9 Å². The third-order valence-corrected chi connectivity index (χ3v) is 3.19. The highest BCUT2D eigenvalue weighted by Crippen LogP contribution is 2.31. The third-order valence-electron chi connectivity index (χ3n) is 2.36. The summed E-state index contributed by atoms with van der Waals surface area (Å²) in [6, 6.07) is 1.49. The molecule has 0 aliphatic rings. The van der Waals surface area contributed by atoms with E-state index in [0.717, 1.165) is 15.6 Å². The Balaban J connectivity index is 3.56. The van der Waals surface area contributed by atoms with Gasteiger partial charge in [0.05, 0.1) is 0 Å².